The average Bonchev–Trinajstić information content (AvgIpc) is 2.40. The quantitative estimate of drug-likeness (QED) is 0.868. The number of nitriles is 1. The Morgan fingerprint density at radius 1 is 1.06 bits per heavy atom. The molecule has 0 heterocycles. The van der Waals surface area contributed by atoms with Crippen LogP contribution in [0, 0.1) is 11.3 Å². The Morgan fingerprint density at radius 3 is 2.53 bits per heavy atom. The molecule has 2 rings (SSSR count). The monoisotopic (exact) mass is 222 g/mol. The van der Waals surface area contributed by atoms with Gasteiger partial charge >= 0.3 is 0 Å². The molecule has 0 aliphatic rings. The molecule has 0 aliphatic carbocycles. The largest absolute Gasteiger partial charge is 0.324 e. The van der Waals surface area contributed by atoms with Gasteiger partial charge in [0.25, 0.3) is 0 Å². The predicted molar refractivity (Wildman–Crippen MR) is 68.2 cm³/mol. The summed E-state index contributed by atoms with van der Waals surface area (Å²) in [5, 5.41) is 8.84. The van der Waals surface area contributed by atoms with Crippen LogP contribution in [0.5, 0.6) is 0 Å². The summed E-state index contributed by atoms with van der Waals surface area (Å²) in [6, 6.07) is 19.7. The van der Waals surface area contributed by atoms with E-state index in [0.29, 0.717) is 5.56 Å². The standard InChI is InChI=1S/C15H14N2/c16-11-13-7-4-8-14(9-13)15(17)10-12-5-2-1-3-6-12/h1-9,15H,10,17H2/t15-/m1/s1. The van der Waals surface area contributed by atoms with Crippen LogP contribution in [0.1, 0.15) is 22.7 Å². The fraction of sp³-hybridized carbons (Fsp3) is 0.133. The summed E-state index contributed by atoms with van der Waals surface area (Å²) < 4.78 is 0. The lowest BCUT2D eigenvalue weighted by Gasteiger charge is -2.12. The van der Waals surface area contributed by atoms with Crippen LogP contribution in [-0.4, -0.2) is 0 Å². The summed E-state index contributed by atoms with van der Waals surface area (Å²) in [4.78, 5) is 0. The number of rotatable bonds is 3. The van der Waals surface area contributed by atoms with Crippen molar-refractivity contribution in [3.63, 3.8) is 0 Å². The second-order valence-corrected chi connectivity index (χ2v) is 4.03. The van der Waals surface area contributed by atoms with Gasteiger partial charge in [-0.2, -0.15) is 5.26 Å². The first-order chi connectivity index (χ1) is 8.29. The van der Waals surface area contributed by atoms with Crippen LogP contribution in [0.2, 0.25) is 0 Å². The van der Waals surface area contributed by atoms with E-state index >= 15 is 0 Å². The van der Waals surface area contributed by atoms with Crippen molar-refractivity contribution in [1.82, 2.24) is 0 Å². The van der Waals surface area contributed by atoms with Crippen LogP contribution in [-0.2, 0) is 6.42 Å². The maximum absolute atomic E-state index is 8.84. The molecule has 84 valence electrons. The van der Waals surface area contributed by atoms with E-state index in [2.05, 4.69) is 18.2 Å². The molecule has 2 N–H and O–H groups in total. The summed E-state index contributed by atoms with van der Waals surface area (Å²) in [5.74, 6) is 0. The van der Waals surface area contributed by atoms with Gasteiger partial charge in [0.15, 0.2) is 0 Å². The highest BCUT2D eigenvalue weighted by Crippen LogP contribution is 2.16. The van der Waals surface area contributed by atoms with Crippen LogP contribution < -0.4 is 5.73 Å². The first-order valence-corrected chi connectivity index (χ1v) is 5.59. The third-order valence-electron chi connectivity index (χ3n) is 2.74. The minimum absolute atomic E-state index is 0.0642. The van der Waals surface area contributed by atoms with Crippen molar-refractivity contribution in [2.75, 3.05) is 0 Å². The van der Waals surface area contributed by atoms with E-state index < -0.39 is 0 Å². The lowest BCUT2D eigenvalue weighted by atomic mass is 9.98. The normalized spacial score (nSPS) is 11.8. The molecule has 0 amide bonds. The number of hydrogen-bond donors (Lipinski definition) is 1. The number of hydrogen-bond acceptors (Lipinski definition) is 2. The zero-order chi connectivity index (χ0) is 12.1. The topological polar surface area (TPSA) is 49.8 Å². The summed E-state index contributed by atoms with van der Waals surface area (Å²) >= 11 is 0. The van der Waals surface area contributed by atoms with Gasteiger partial charge in [-0.15, -0.1) is 0 Å². The molecule has 2 aromatic rings. The molecule has 0 unspecified atom stereocenters. The van der Waals surface area contributed by atoms with Gasteiger partial charge in [-0.1, -0.05) is 42.5 Å². The molecule has 0 saturated carbocycles. The maximum atomic E-state index is 8.84. The number of benzene rings is 2. The molecule has 2 nitrogen and oxygen atoms in total. The molecular weight excluding hydrogens is 208 g/mol. The summed E-state index contributed by atoms with van der Waals surface area (Å²) in [6.45, 7) is 0. The van der Waals surface area contributed by atoms with Gasteiger partial charge in [0.1, 0.15) is 0 Å². The first-order valence-electron chi connectivity index (χ1n) is 5.59. The molecule has 0 saturated heterocycles. The Balaban J connectivity index is 2.15. The molecular formula is C15H14N2. The highest BCUT2D eigenvalue weighted by atomic mass is 14.6. The highest BCUT2D eigenvalue weighted by molar-refractivity contribution is 5.34. The Hall–Kier alpha value is -2.11. The van der Waals surface area contributed by atoms with Crippen molar-refractivity contribution >= 4 is 0 Å². The van der Waals surface area contributed by atoms with Crippen molar-refractivity contribution in [2.45, 2.75) is 12.5 Å². The van der Waals surface area contributed by atoms with Crippen LogP contribution >= 0.6 is 0 Å². The molecule has 0 radical (unpaired) electrons. The van der Waals surface area contributed by atoms with Crippen LogP contribution in [0.4, 0.5) is 0 Å². The van der Waals surface area contributed by atoms with Crippen LogP contribution in [0.3, 0.4) is 0 Å². The van der Waals surface area contributed by atoms with Crippen molar-refractivity contribution in [3.8, 4) is 6.07 Å². The third kappa shape index (κ3) is 2.93. The molecule has 1 atom stereocenters. The minimum Gasteiger partial charge on any atom is -0.324 e. The SMILES string of the molecule is N#Cc1cccc([C@H](N)Cc2ccccc2)c1. The number of nitrogens with zero attached hydrogens (tertiary/aromatic N) is 1. The first kappa shape index (κ1) is 11.4. The number of nitrogens with two attached hydrogens (primary N) is 1. The van der Waals surface area contributed by atoms with Gasteiger partial charge in [0, 0.05) is 6.04 Å². The van der Waals surface area contributed by atoms with Gasteiger partial charge < -0.3 is 5.73 Å². The second-order valence-electron chi connectivity index (χ2n) is 4.03. The predicted octanol–water partition coefficient (Wildman–Crippen LogP) is 2.80. The molecule has 0 spiro atoms. The van der Waals surface area contributed by atoms with Crippen molar-refractivity contribution in [2.24, 2.45) is 5.73 Å². The van der Waals surface area contributed by atoms with Crippen molar-refractivity contribution in [3.05, 3.63) is 71.3 Å². The van der Waals surface area contributed by atoms with E-state index in [1.54, 1.807) is 6.07 Å². The van der Waals surface area contributed by atoms with E-state index in [0.717, 1.165) is 12.0 Å². The van der Waals surface area contributed by atoms with Gasteiger partial charge in [-0.25, -0.2) is 0 Å². The zero-order valence-electron chi connectivity index (χ0n) is 9.51. The summed E-state index contributed by atoms with van der Waals surface area (Å²) in [5.41, 5.74) is 9.02. The van der Waals surface area contributed by atoms with Gasteiger partial charge in [-0.3, -0.25) is 0 Å². The van der Waals surface area contributed by atoms with E-state index in [4.69, 9.17) is 11.0 Å². The van der Waals surface area contributed by atoms with Crippen LogP contribution in [0.25, 0.3) is 0 Å². The Labute approximate surface area is 101 Å². The Bertz CT molecular complexity index is 526. The second kappa shape index (κ2) is 5.29. The summed E-state index contributed by atoms with van der Waals surface area (Å²) in [7, 11) is 0. The van der Waals surface area contributed by atoms with Crippen molar-refractivity contribution in [1.29, 1.82) is 5.26 Å². The van der Waals surface area contributed by atoms with Crippen molar-refractivity contribution < 1.29 is 0 Å². The zero-order valence-corrected chi connectivity index (χ0v) is 9.51. The van der Waals surface area contributed by atoms with E-state index in [-0.39, 0.29) is 6.04 Å². The lowest BCUT2D eigenvalue weighted by molar-refractivity contribution is 0.722. The van der Waals surface area contributed by atoms with E-state index in [9.17, 15) is 0 Å². The van der Waals surface area contributed by atoms with Crippen LogP contribution in [0.15, 0.2) is 54.6 Å². The van der Waals surface area contributed by atoms with Gasteiger partial charge in [-0.05, 0) is 29.7 Å². The Morgan fingerprint density at radius 2 is 1.82 bits per heavy atom. The molecule has 2 aromatic carbocycles. The fourth-order valence-corrected chi connectivity index (χ4v) is 1.82. The van der Waals surface area contributed by atoms with Gasteiger partial charge in [0.05, 0.1) is 11.6 Å². The highest BCUT2D eigenvalue weighted by Gasteiger charge is 2.07. The Kier molecular flexibility index (Phi) is 3.54. The fourth-order valence-electron chi connectivity index (χ4n) is 1.82. The van der Waals surface area contributed by atoms with E-state index in [1.165, 1.54) is 5.56 Å². The molecule has 0 aromatic heterocycles. The molecule has 0 fully saturated rings. The summed E-state index contributed by atoms with van der Waals surface area (Å²) in [6.07, 6.45) is 0.787. The molecule has 2 heteroatoms. The molecule has 0 bridgehead atoms. The smallest absolute Gasteiger partial charge is 0.0991 e. The average molecular weight is 222 g/mol. The minimum atomic E-state index is -0.0642. The van der Waals surface area contributed by atoms with E-state index in [1.807, 2.05) is 36.4 Å². The maximum Gasteiger partial charge on any atom is 0.0991 e. The molecule has 0 aliphatic heterocycles. The van der Waals surface area contributed by atoms with Gasteiger partial charge in [0.2, 0.25) is 0 Å². The third-order valence-corrected chi connectivity index (χ3v) is 2.74. The lowest BCUT2D eigenvalue weighted by Crippen LogP contribution is -2.13. The molecule has 17 heavy (non-hydrogen) atoms.